The van der Waals surface area contributed by atoms with E-state index in [-0.39, 0.29) is 13.1 Å². The highest BCUT2D eigenvalue weighted by atomic mass is 35.5. The highest BCUT2D eigenvalue weighted by Crippen LogP contribution is 2.35. The number of ether oxygens (including phenoxy) is 3. The average molecular weight is 374 g/mol. The number of amides is 3. The molecule has 0 bridgehead atoms. The Bertz CT molecular complexity index is 617. The molecule has 8 nitrogen and oxygen atoms in total. The van der Waals surface area contributed by atoms with E-state index in [1.54, 1.807) is 32.9 Å². The maximum absolute atomic E-state index is 11.9. The van der Waals surface area contributed by atoms with E-state index in [1.165, 1.54) is 14.2 Å². The molecule has 0 radical (unpaired) electrons. The second kappa shape index (κ2) is 9.22. The summed E-state index contributed by atoms with van der Waals surface area (Å²) in [4.78, 5) is 23.4. The molecule has 0 fully saturated rings. The minimum Gasteiger partial charge on any atom is -0.495 e. The monoisotopic (exact) mass is 373 g/mol. The van der Waals surface area contributed by atoms with Crippen LogP contribution in [0.2, 0.25) is 5.02 Å². The number of anilines is 1. The Hall–Kier alpha value is -2.35. The first-order valence-corrected chi connectivity index (χ1v) is 7.97. The van der Waals surface area contributed by atoms with Crippen LogP contribution in [0.25, 0.3) is 0 Å². The van der Waals surface area contributed by atoms with Crippen molar-refractivity contribution in [3.05, 3.63) is 17.2 Å². The van der Waals surface area contributed by atoms with E-state index in [0.717, 1.165) is 0 Å². The van der Waals surface area contributed by atoms with Gasteiger partial charge >= 0.3 is 12.1 Å². The van der Waals surface area contributed by atoms with Crippen LogP contribution in [0.4, 0.5) is 15.3 Å². The van der Waals surface area contributed by atoms with Crippen molar-refractivity contribution in [2.24, 2.45) is 0 Å². The molecule has 9 heteroatoms. The van der Waals surface area contributed by atoms with Crippen molar-refractivity contribution in [3.8, 4) is 11.5 Å². The second-order valence-corrected chi connectivity index (χ2v) is 6.40. The Kier molecular flexibility index (Phi) is 7.63. The van der Waals surface area contributed by atoms with Crippen molar-refractivity contribution in [1.29, 1.82) is 0 Å². The molecule has 0 spiro atoms. The quantitative estimate of drug-likeness (QED) is 0.666. The number of rotatable bonds is 6. The zero-order chi connectivity index (χ0) is 19.0. The lowest BCUT2D eigenvalue weighted by Crippen LogP contribution is -2.39. The normalized spacial score (nSPS) is 10.6. The van der Waals surface area contributed by atoms with Crippen LogP contribution in [-0.4, -0.2) is 45.0 Å². The smallest absolute Gasteiger partial charge is 0.407 e. The first-order valence-electron chi connectivity index (χ1n) is 7.59. The van der Waals surface area contributed by atoms with Crippen LogP contribution in [0.15, 0.2) is 12.1 Å². The zero-order valence-corrected chi connectivity index (χ0v) is 15.7. The van der Waals surface area contributed by atoms with E-state index in [2.05, 4.69) is 16.0 Å². The molecule has 0 atom stereocenters. The molecule has 0 aliphatic rings. The summed E-state index contributed by atoms with van der Waals surface area (Å²) in [5.74, 6) is 0.803. The summed E-state index contributed by atoms with van der Waals surface area (Å²) in [7, 11) is 2.94. The number of hydrogen-bond donors (Lipinski definition) is 3. The highest BCUT2D eigenvalue weighted by Gasteiger charge is 2.16. The fraction of sp³-hybridized carbons (Fsp3) is 0.500. The van der Waals surface area contributed by atoms with E-state index in [1.807, 2.05) is 0 Å². The summed E-state index contributed by atoms with van der Waals surface area (Å²) in [6, 6.07) is 2.63. The summed E-state index contributed by atoms with van der Waals surface area (Å²) in [5, 5.41) is 8.14. The highest BCUT2D eigenvalue weighted by molar-refractivity contribution is 6.32. The van der Waals surface area contributed by atoms with Gasteiger partial charge in [-0.1, -0.05) is 11.6 Å². The molecule has 25 heavy (non-hydrogen) atoms. The minimum absolute atomic E-state index is 0.220. The van der Waals surface area contributed by atoms with Crippen LogP contribution in [0.3, 0.4) is 0 Å². The Morgan fingerprint density at radius 3 is 2.20 bits per heavy atom. The largest absolute Gasteiger partial charge is 0.495 e. The third-order valence-electron chi connectivity index (χ3n) is 2.80. The van der Waals surface area contributed by atoms with Crippen LogP contribution in [0.5, 0.6) is 11.5 Å². The van der Waals surface area contributed by atoms with Crippen molar-refractivity contribution in [3.63, 3.8) is 0 Å². The number of carbonyl (C=O) groups excluding carboxylic acids is 2. The number of urea groups is 1. The van der Waals surface area contributed by atoms with Gasteiger partial charge in [0.2, 0.25) is 0 Å². The first kappa shape index (κ1) is 20.7. The maximum atomic E-state index is 11.9. The molecule has 3 N–H and O–H groups in total. The number of benzene rings is 1. The van der Waals surface area contributed by atoms with Crippen LogP contribution in [0.1, 0.15) is 20.8 Å². The molecule has 1 aromatic carbocycles. The van der Waals surface area contributed by atoms with E-state index >= 15 is 0 Å². The Balaban J connectivity index is 2.48. The van der Waals surface area contributed by atoms with Gasteiger partial charge in [-0.15, -0.1) is 0 Å². The molecule has 3 amide bonds. The SMILES string of the molecule is COc1cc(NC(=O)NCCNC(=O)OC(C)(C)C)c(OC)cc1Cl. The van der Waals surface area contributed by atoms with Gasteiger partial charge in [-0.25, -0.2) is 9.59 Å². The number of carbonyl (C=O) groups is 2. The number of halogens is 1. The van der Waals surface area contributed by atoms with Crippen LogP contribution < -0.4 is 25.4 Å². The predicted octanol–water partition coefficient (Wildman–Crippen LogP) is 3.00. The average Bonchev–Trinajstić information content (AvgIpc) is 2.51. The van der Waals surface area contributed by atoms with Crippen molar-refractivity contribution in [2.45, 2.75) is 26.4 Å². The van der Waals surface area contributed by atoms with Gasteiger partial charge in [0.1, 0.15) is 17.1 Å². The van der Waals surface area contributed by atoms with Crippen molar-refractivity contribution in [1.82, 2.24) is 10.6 Å². The molecule has 0 aliphatic carbocycles. The standard InChI is InChI=1S/C16H24ClN3O5/c1-16(2,3)25-15(22)19-7-6-18-14(21)20-11-9-12(23-4)10(17)8-13(11)24-5/h8-9H,6-7H2,1-5H3,(H,19,22)(H2,18,20,21). The van der Waals surface area contributed by atoms with Gasteiger partial charge in [-0.05, 0) is 20.8 Å². The molecular weight excluding hydrogens is 350 g/mol. The van der Waals surface area contributed by atoms with Crippen molar-refractivity contribution in [2.75, 3.05) is 32.6 Å². The summed E-state index contributed by atoms with van der Waals surface area (Å²) >= 11 is 6.01. The van der Waals surface area contributed by atoms with Gasteiger partial charge in [-0.3, -0.25) is 0 Å². The zero-order valence-electron chi connectivity index (χ0n) is 15.0. The van der Waals surface area contributed by atoms with Crippen LogP contribution in [-0.2, 0) is 4.74 Å². The third-order valence-corrected chi connectivity index (χ3v) is 3.10. The minimum atomic E-state index is -0.570. The number of alkyl carbamates (subject to hydrolysis) is 1. The van der Waals surface area contributed by atoms with E-state index in [4.69, 9.17) is 25.8 Å². The van der Waals surface area contributed by atoms with E-state index in [0.29, 0.717) is 22.2 Å². The predicted molar refractivity (Wildman–Crippen MR) is 95.8 cm³/mol. The van der Waals surface area contributed by atoms with Crippen LogP contribution >= 0.6 is 11.6 Å². The third kappa shape index (κ3) is 7.38. The number of methoxy groups -OCH3 is 2. The van der Waals surface area contributed by atoms with Gasteiger partial charge in [0, 0.05) is 25.2 Å². The molecule has 140 valence electrons. The van der Waals surface area contributed by atoms with Gasteiger partial charge in [0.25, 0.3) is 0 Å². The molecule has 0 aliphatic heterocycles. The molecule has 0 saturated heterocycles. The van der Waals surface area contributed by atoms with Gasteiger partial charge < -0.3 is 30.2 Å². The Labute approximate surface area is 152 Å². The van der Waals surface area contributed by atoms with Crippen LogP contribution in [0, 0.1) is 0 Å². The number of hydrogen-bond acceptors (Lipinski definition) is 5. The number of nitrogens with one attached hydrogen (secondary N) is 3. The van der Waals surface area contributed by atoms with Crippen molar-refractivity contribution < 1.29 is 23.8 Å². The first-order chi connectivity index (χ1) is 11.7. The maximum Gasteiger partial charge on any atom is 0.407 e. The fourth-order valence-corrected chi connectivity index (χ4v) is 2.01. The molecule has 0 unspecified atom stereocenters. The molecular formula is C16H24ClN3O5. The molecule has 0 aromatic heterocycles. The lowest BCUT2D eigenvalue weighted by atomic mass is 10.2. The van der Waals surface area contributed by atoms with Crippen molar-refractivity contribution >= 4 is 29.4 Å². The summed E-state index contributed by atoms with van der Waals surface area (Å²) in [6.45, 7) is 5.76. The second-order valence-electron chi connectivity index (χ2n) is 6.00. The molecule has 0 saturated carbocycles. The van der Waals surface area contributed by atoms with Gasteiger partial charge in [-0.2, -0.15) is 0 Å². The fourth-order valence-electron chi connectivity index (χ4n) is 1.78. The van der Waals surface area contributed by atoms with E-state index in [9.17, 15) is 9.59 Å². The van der Waals surface area contributed by atoms with Gasteiger partial charge in [0.05, 0.1) is 24.9 Å². The molecule has 0 heterocycles. The molecule has 1 aromatic rings. The van der Waals surface area contributed by atoms with Gasteiger partial charge in [0.15, 0.2) is 0 Å². The Morgan fingerprint density at radius 2 is 1.64 bits per heavy atom. The summed E-state index contributed by atoms with van der Waals surface area (Å²) in [6.07, 6.45) is -0.543. The van der Waals surface area contributed by atoms with E-state index < -0.39 is 17.7 Å². The lowest BCUT2D eigenvalue weighted by Gasteiger charge is -2.19. The molecule has 1 rings (SSSR count). The Morgan fingerprint density at radius 1 is 1.04 bits per heavy atom. The summed E-state index contributed by atoms with van der Waals surface area (Å²) in [5.41, 5.74) is -0.166. The topological polar surface area (TPSA) is 97.9 Å². The lowest BCUT2D eigenvalue weighted by molar-refractivity contribution is 0.0528. The summed E-state index contributed by atoms with van der Waals surface area (Å²) < 4.78 is 15.4.